The number of aromatic nitrogens is 1. The SMILES string of the molecule is Cc1cc2c(n1CCOCCC(C)C)CC(C)(C)CC2N. The van der Waals surface area contributed by atoms with Crippen LogP contribution in [0.1, 0.15) is 63.5 Å². The standard InChI is InChI=1S/C18H32N2O/c1-13(2)6-8-21-9-7-20-14(3)10-15-16(19)11-18(4,5)12-17(15)20/h10,13,16H,6-9,11-12,19H2,1-5H3. The summed E-state index contributed by atoms with van der Waals surface area (Å²) in [6, 6.07) is 2.47. The van der Waals surface area contributed by atoms with Crippen LogP contribution in [0.15, 0.2) is 6.07 Å². The number of ether oxygens (including phenoxy) is 1. The van der Waals surface area contributed by atoms with Crippen LogP contribution in [0.3, 0.4) is 0 Å². The van der Waals surface area contributed by atoms with Gasteiger partial charge in [0.2, 0.25) is 0 Å². The number of hydrogen-bond acceptors (Lipinski definition) is 2. The first-order chi connectivity index (χ1) is 9.80. The molecule has 0 fully saturated rings. The summed E-state index contributed by atoms with van der Waals surface area (Å²) in [5.41, 5.74) is 10.8. The third-order valence-electron chi connectivity index (χ3n) is 4.57. The lowest BCUT2D eigenvalue weighted by Crippen LogP contribution is -2.30. The maximum Gasteiger partial charge on any atom is 0.0645 e. The van der Waals surface area contributed by atoms with Gasteiger partial charge in [-0.15, -0.1) is 0 Å². The Kier molecular flexibility index (Phi) is 5.15. The average molecular weight is 292 g/mol. The molecule has 3 heteroatoms. The highest BCUT2D eigenvalue weighted by Crippen LogP contribution is 2.40. The fourth-order valence-corrected chi connectivity index (χ4v) is 3.39. The van der Waals surface area contributed by atoms with Crippen molar-refractivity contribution < 1.29 is 4.74 Å². The minimum absolute atomic E-state index is 0.186. The van der Waals surface area contributed by atoms with Gasteiger partial charge in [0, 0.05) is 30.6 Å². The molecule has 0 bridgehead atoms. The molecule has 1 heterocycles. The Balaban J connectivity index is 2.01. The quantitative estimate of drug-likeness (QED) is 0.809. The van der Waals surface area contributed by atoms with Crippen LogP contribution in [0.2, 0.25) is 0 Å². The summed E-state index contributed by atoms with van der Waals surface area (Å²) in [5.74, 6) is 0.713. The molecule has 3 nitrogen and oxygen atoms in total. The topological polar surface area (TPSA) is 40.2 Å². The monoisotopic (exact) mass is 292 g/mol. The number of aryl methyl sites for hydroxylation is 1. The van der Waals surface area contributed by atoms with Gasteiger partial charge in [0.25, 0.3) is 0 Å². The molecular formula is C18H32N2O. The van der Waals surface area contributed by atoms with Crippen molar-refractivity contribution in [2.45, 2.75) is 66.5 Å². The van der Waals surface area contributed by atoms with Crippen LogP contribution in [0.4, 0.5) is 0 Å². The van der Waals surface area contributed by atoms with Gasteiger partial charge in [0.1, 0.15) is 0 Å². The van der Waals surface area contributed by atoms with E-state index < -0.39 is 0 Å². The molecule has 0 aliphatic heterocycles. The van der Waals surface area contributed by atoms with E-state index in [1.54, 1.807) is 0 Å². The molecule has 0 saturated heterocycles. The summed E-state index contributed by atoms with van der Waals surface area (Å²) in [5, 5.41) is 0. The molecule has 21 heavy (non-hydrogen) atoms. The highest BCUT2D eigenvalue weighted by Gasteiger charge is 2.33. The molecule has 0 saturated carbocycles. The van der Waals surface area contributed by atoms with Crippen LogP contribution in [-0.2, 0) is 17.7 Å². The number of fused-ring (bicyclic) bond motifs is 1. The van der Waals surface area contributed by atoms with Crippen LogP contribution in [-0.4, -0.2) is 17.8 Å². The van der Waals surface area contributed by atoms with Gasteiger partial charge in [-0.05, 0) is 49.1 Å². The molecule has 1 aromatic heterocycles. The van der Waals surface area contributed by atoms with Crippen molar-refractivity contribution in [2.75, 3.05) is 13.2 Å². The number of nitrogens with zero attached hydrogens (tertiary/aromatic N) is 1. The fraction of sp³-hybridized carbons (Fsp3) is 0.778. The Morgan fingerprint density at radius 3 is 2.76 bits per heavy atom. The normalized spacial score (nSPS) is 20.8. The van der Waals surface area contributed by atoms with Gasteiger partial charge in [-0.3, -0.25) is 0 Å². The Morgan fingerprint density at radius 1 is 1.38 bits per heavy atom. The molecule has 2 rings (SSSR count). The van der Waals surface area contributed by atoms with Crippen molar-refractivity contribution in [1.82, 2.24) is 4.57 Å². The molecule has 0 radical (unpaired) electrons. The first-order valence-corrected chi connectivity index (χ1v) is 8.32. The lowest BCUT2D eigenvalue weighted by atomic mass is 9.74. The zero-order chi connectivity index (χ0) is 15.6. The average Bonchev–Trinajstić information content (AvgIpc) is 2.65. The van der Waals surface area contributed by atoms with E-state index in [-0.39, 0.29) is 6.04 Å². The first kappa shape index (κ1) is 16.6. The van der Waals surface area contributed by atoms with E-state index >= 15 is 0 Å². The molecular weight excluding hydrogens is 260 g/mol. The Bertz CT molecular complexity index is 474. The fourth-order valence-electron chi connectivity index (χ4n) is 3.39. The smallest absolute Gasteiger partial charge is 0.0645 e. The van der Waals surface area contributed by atoms with E-state index in [1.165, 1.54) is 17.0 Å². The third-order valence-corrected chi connectivity index (χ3v) is 4.57. The molecule has 1 aromatic rings. The van der Waals surface area contributed by atoms with Gasteiger partial charge >= 0.3 is 0 Å². The number of rotatable bonds is 6. The Morgan fingerprint density at radius 2 is 2.10 bits per heavy atom. The van der Waals surface area contributed by atoms with Crippen LogP contribution in [0.25, 0.3) is 0 Å². The van der Waals surface area contributed by atoms with Gasteiger partial charge in [-0.1, -0.05) is 27.7 Å². The van der Waals surface area contributed by atoms with E-state index in [1.807, 2.05) is 0 Å². The maximum absolute atomic E-state index is 6.37. The van der Waals surface area contributed by atoms with E-state index in [4.69, 9.17) is 10.5 Å². The number of hydrogen-bond donors (Lipinski definition) is 1. The van der Waals surface area contributed by atoms with Gasteiger partial charge in [0.15, 0.2) is 0 Å². The van der Waals surface area contributed by atoms with Gasteiger partial charge in [0.05, 0.1) is 6.61 Å². The lowest BCUT2D eigenvalue weighted by Gasteiger charge is -2.34. The summed E-state index contributed by atoms with van der Waals surface area (Å²) in [6.45, 7) is 13.9. The Hall–Kier alpha value is -0.800. The van der Waals surface area contributed by atoms with Crippen molar-refractivity contribution in [2.24, 2.45) is 17.1 Å². The molecule has 1 atom stereocenters. The Labute approximate surface area is 129 Å². The molecule has 2 N–H and O–H groups in total. The zero-order valence-electron chi connectivity index (χ0n) is 14.4. The lowest BCUT2D eigenvalue weighted by molar-refractivity contribution is 0.114. The van der Waals surface area contributed by atoms with E-state index in [0.717, 1.165) is 39.0 Å². The minimum Gasteiger partial charge on any atom is -0.380 e. The summed E-state index contributed by atoms with van der Waals surface area (Å²) < 4.78 is 8.21. The first-order valence-electron chi connectivity index (χ1n) is 8.32. The highest BCUT2D eigenvalue weighted by molar-refractivity contribution is 5.34. The van der Waals surface area contributed by atoms with Crippen molar-refractivity contribution in [3.8, 4) is 0 Å². The maximum atomic E-state index is 6.37. The molecule has 120 valence electrons. The van der Waals surface area contributed by atoms with Crippen LogP contribution in [0, 0.1) is 18.3 Å². The van der Waals surface area contributed by atoms with Gasteiger partial charge < -0.3 is 15.0 Å². The van der Waals surface area contributed by atoms with Crippen molar-refractivity contribution >= 4 is 0 Å². The van der Waals surface area contributed by atoms with Crippen LogP contribution >= 0.6 is 0 Å². The molecule has 1 aliphatic carbocycles. The van der Waals surface area contributed by atoms with Gasteiger partial charge in [-0.2, -0.15) is 0 Å². The molecule has 0 spiro atoms. The summed E-state index contributed by atoms with van der Waals surface area (Å²) in [7, 11) is 0. The molecule has 1 aliphatic rings. The number of nitrogens with two attached hydrogens (primary N) is 1. The summed E-state index contributed by atoms with van der Waals surface area (Å²) in [6.07, 6.45) is 3.34. The second-order valence-corrected chi connectivity index (χ2v) is 7.79. The minimum atomic E-state index is 0.186. The third kappa shape index (κ3) is 4.10. The van der Waals surface area contributed by atoms with E-state index in [0.29, 0.717) is 11.3 Å². The molecule has 0 aromatic carbocycles. The van der Waals surface area contributed by atoms with Gasteiger partial charge in [-0.25, -0.2) is 0 Å². The largest absolute Gasteiger partial charge is 0.380 e. The van der Waals surface area contributed by atoms with E-state index in [2.05, 4.69) is 45.3 Å². The van der Waals surface area contributed by atoms with Crippen molar-refractivity contribution in [1.29, 1.82) is 0 Å². The zero-order valence-corrected chi connectivity index (χ0v) is 14.4. The second-order valence-electron chi connectivity index (χ2n) is 7.79. The predicted molar refractivity (Wildman–Crippen MR) is 88.5 cm³/mol. The second kappa shape index (κ2) is 6.53. The van der Waals surface area contributed by atoms with Crippen molar-refractivity contribution in [3.05, 3.63) is 23.0 Å². The highest BCUT2D eigenvalue weighted by atomic mass is 16.5. The van der Waals surface area contributed by atoms with Crippen LogP contribution in [0.5, 0.6) is 0 Å². The summed E-state index contributed by atoms with van der Waals surface area (Å²) >= 11 is 0. The summed E-state index contributed by atoms with van der Waals surface area (Å²) in [4.78, 5) is 0. The molecule has 1 unspecified atom stereocenters. The van der Waals surface area contributed by atoms with E-state index in [9.17, 15) is 0 Å². The predicted octanol–water partition coefficient (Wildman–Crippen LogP) is 3.83. The van der Waals surface area contributed by atoms with Crippen molar-refractivity contribution in [3.63, 3.8) is 0 Å². The van der Waals surface area contributed by atoms with Crippen LogP contribution < -0.4 is 5.73 Å². The molecule has 0 amide bonds.